The number of amides is 2. The third kappa shape index (κ3) is 8.54. The third-order valence-electron chi connectivity index (χ3n) is 6.12. The molecule has 0 spiro atoms. The molecule has 0 unspecified atom stereocenters. The van der Waals surface area contributed by atoms with Crippen molar-refractivity contribution in [2.75, 3.05) is 17.1 Å². The maximum absolute atomic E-state index is 13.8. The van der Waals surface area contributed by atoms with Gasteiger partial charge in [0.15, 0.2) is 11.6 Å². The van der Waals surface area contributed by atoms with Crippen LogP contribution in [0.5, 0.6) is 0 Å². The van der Waals surface area contributed by atoms with Crippen molar-refractivity contribution >= 4 is 50.7 Å². The molecule has 38 heavy (non-hydrogen) atoms. The fourth-order valence-corrected chi connectivity index (χ4v) is 5.33. The molecule has 2 atom stereocenters. The zero-order valence-electron chi connectivity index (χ0n) is 21.8. The summed E-state index contributed by atoms with van der Waals surface area (Å²) in [6.45, 7) is 5.39. The van der Waals surface area contributed by atoms with Crippen LogP contribution in [0.4, 0.5) is 14.5 Å². The van der Waals surface area contributed by atoms with Crippen LogP contribution in [0.3, 0.4) is 0 Å². The van der Waals surface area contributed by atoms with Crippen LogP contribution >= 0.6 is 23.2 Å². The van der Waals surface area contributed by atoms with E-state index in [9.17, 15) is 26.8 Å². The Labute approximate surface area is 233 Å². The van der Waals surface area contributed by atoms with E-state index < -0.39 is 33.6 Å². The van der Waals surface area contributed by atoms with Gasteiger partial charge >= 0.3 is 0 Å². The number of carbonyl (C=O) groups is 2. The van der Waals surface area contributed by atoms with Gasteiger partial charge in [0.1, 0.15) is 6.04 Å². The lowest BCUT2D eigenvalue weighted by Crippen LogP contribution is -2.50. The van der Waals surface area contributed by atoms with E-state index in [2.05, 4.69) is 5.32 Å². The van der Waals surface area contributed by atoms with Crippen LogP contribution in [0.1, 0.15) is 52.0 Å². The molecular weight excluding hydrogens is 559 g/mol. The first-order chi connectivity index (χ1) is 17.8. The van der Waals surface area contributed by atoms with E-state index in [4.69, 9.17) is 23.2 Å². The Morgan fingerprint density at radius 3 is 2.18 bits per heavy atom. The Balaban J connectivity index is 2.30. The van der Waals surface area contributed by atoms with Crippen molar-refractivity contribution in [3.8, 4) is 0 Å². The average molecular weight is 593 g/mol. The molecule has 2 rings (SSSR count). The molecule has 7 nitrogen and oxygen atoms in total. The van der Waals surface area contributed by atoms with Crippen LogP contribution in [-0.4, -0.2) is 50.0 Å². The summed E-state index contributed by atoms with van der Waals surface area (Å²) in [6, 6.07) is 6.80. The Hall–Kier alpha value is -2.43. The zero-order chi connectivity index (χ0) is 28.6. The number of rotatable bonds is 13. The van der Waals surface area contributed by atoms with Gasteiger partial charge in [0.25, 0.3) is 0 Å². The van der Waals surface area contributed by atoms with Crippen molar-refractivity contribution < 1.29 is 26.8 Å². The number of anilines is 1. The molecule has 0 saturated heterocycles. The number of halogens is 4. The van der Waals surface area contributed by atoms with Crippen LogP contribution < -0.4 is 9.62 Å². The first-order valence-electron chi connectivity index (χ1n) is 12.3. The quantitative estimate of drug-likeness (QED) is 0.331. The molecule has 0 heterocycles. The van der Waals surface area contributed by atoms with E-state index >= 15 is 0 Å². The Morgan fingerprint density at radius 1 is 1.03 bits per heavy atom. The van der Waals surface area contributed by atoms with Gasteiger partial charge in [0.2, 0.25) is 21.8 Å². The molecule has 0 aliphatic heterocycles. The van der Waals surface area contributed by atoms with Gasteiger partial charge in [0, 0.05) is 47.2 Å². The number of nitrogens with one attached hydrogen (secondary N) is 1. The van der Waals surface area contributed by atoms with E-state index in [1.165, 1.54) is 4.90 Å². The van der Waals surface area contributed by atoms with Gasteiger partial charge in [0.05, 0.1) is 11.9 Å². The van der Waals surface area contributed by atoms with Gasteiger partial charge in [-0.25, -0.2) is 17.2 Å². The fraction of sp³-hybridized carbons (Fsp3) is 0.462. The summed E-state index contributed by atoms with van der Waals surface area (Å²) in [5.41, 5.74) is 0.427. The maximum atomic E-state index is 13.8. The molecule has 210 valence electrons. The van der Waals surface area contributed by atoms with Crippen molar-refractivity contribution in [1.29, 1.82) is 0 Å². The summed E-state index contributed by atoms with van der Waals surface area (Å²) in [5.74, 6) is -3.02. The third-order valence-corrected chi connectivity index (χ3v) is 8.02. The van der Waals surface area contributed by atoms with Gasteiger partial charge in [-0.05, 0) is 50.5 Å². The standard InChI is InChI=1S/C26H33Cl2F2N3O4S/c1-5-17(3)31-26(35)24(6-2)32(16-19-20(27)9-7-10-21(19)28)25(34)11-8-14-33(38(4,36)37)18-12-13-22(29)23(30)15-18/h7,9-10,12-13,15,17,24H,5-6,8,11,14,16H2,1-4H3,(H,31,35)/t17-,24+/m1/s1. The Bertz CT molecular complexity index is 1230. The molecule has 0 bridgehead atoms. The van der Waals surface area contributed by atoms with E-state index in [1.807, 2.05) is 13.8 Å². The molecule has 0 fully saturated rings. The van der Waals surface area contributed by atoms with Gasteiger partial charge in [-0.15, -0.1) is 0 Å². The van der Waals surface area contributed by atoms with Gasteiger partial charge in [-0.2, -0.15) is 0 Å². The molecule has 0 aliphatic carbocycles. The van der Waals surface area contributed by atoms with E-state index in [0.717, 1.165) is 28.8 Å². The number of carbonyl (C=O) groups excluding carboxylic acids is 2. The average Bonchev–Trinajstić information content (AvgIpc) is 2.84. The number of nitrogens with zero attached hydrogens (tertiary/aromatic N) is 2. The fourth-order valence-electron chi connectivity index (χ4n) is 3.86. The number of hydrogen-bond acceptors (Lipinski definition) is 4. The van der Waals surface area contributed by atoms with E-state index in [1.54, 1.807) is 25.1 Å². The van der Waals surface area contributed by atoms with Gasteiger partial charge in [-0.3, -0.25) is 13.9 Å². The summed E-state index contributed by atoms with van der Waals surface area (Å²) in [6.07, 6.45) is 1.90. The lowest BCUT2D eigenvalue weighted by molar-refractivity contribution is -0.141. The predicted molar refractivity (Wildman–Crippen MR) is 147 cm³/mol. The lowest BCUT2D eigenvalue weighted by Gasteiger charge is -2.32. The maximum Gasteiger partial charge on any atom is 0.243 e. The van der Waals surface area contributed by atoms with E-state index in [0.29, 0.717) is 28.5 Å². The summed E-state index contributed by atoms with van der Waals surface area (Å²) >= 11 is 12.7. The summed E-state index contributed by atoms with van der Waals surface area (Å²) in [7, 11) is -3.86. The van der Waals surface area contributed by atoms with Crippen LogP contribution in [-0.2, 0) is 26.2 Å². The largest absolute Gasteiger partial charge is 0.352 e. The normalized spacial score (nSPS) is 13.1. The monoisotopic (exact) mass is 591 g/mol. The SMILES string of the molecule is CC[C@@H](C)NC(=O)[C@H](CC)N(Cc1c(Cl)cccc1Cl)C(=O)CCCN(c1ccc(F)c(F)c1)S(C)(=O)=O. The molecule has 2 amide bonds. The van der Waals surface area contributed by atoms with Crippen molar-refractivity contribution in [3.05, 3.63) is 63.6 Å². The van der Waals surface area contributed by atoms with Crippen LogP contribution in [0.15, 0.2) is 36.4 Å². The van der Waals surface area contributed by atoms with Crippen molar-refractivity contribution in [2.45, 2.75) is 65.1 Å². The first-order valence-corrected chi connectivity index (χ1v) is 14.9. The minimum atomic E-state index is -3.86. The van der Waals surface area contributed by atoms with Crippen molar-refractivity contribution in [3.63, 3.8) is 0 Å². The first kappa shape index (κ1) is 31.8. The smallest absolute Gasteiger partial charge is 0.243 e. The Kier molecular flexibility index (Phi) is 11.8. The second-order valence-electron chi connectivity index (χ2n) is 9.00. The molecular formula is C26H33Cl2F2N3O4S. The second kappa shape index (κ2) is 14.1. The summed E-state index contributed by atoms with van der Waals surface area (Å²) < 4.78 is 52.8. The second-order valence-corrected chi connectivity index (χ2v) is 11.7. The minimum Gasteiger partial charge on any atom is -0.352 e. The van der Waals surface area contributed by atoms with E-state index in [-0.39, 0.29) is 43.6 Å². The Morgan fingerprint density at radius 2 is 1.66 bits per heavy atom. The molecule has 1 N–H and O–H groups in total. The van der Waals surface area contributed by atoms with Gasteiger partial charge < -0.3 is 10.2 Å². The highest BCUT2D eigenvalue weighted by Gasteiger charge is 2.30. The summed E-state index contributed by atoms with van der Waals surface area (Å²) in [5, 5.41) is 3.59. The number of hydrogen-bond donors (Lipinski definition) is 1. The molecule has 0 aromatic heterocycles. The predicted octanol–water partition coefficient (Wildman–Crippen LogP) is 5.54. The topological polar surface area (TPSA) is 86.8 Å². The number of benzene rings is 2. The zero-order valence-corrected chi connectivity index (χ0v) is 24.1. The molecule has 2 aromatic rings. The summed E-state index contributed by atoms with van der Waals surface area (Å²) in [4.78, 5) is 28.0. The van der Waals surface area contributed by atoms with Crippen LogP contribution in [0.2, 0.25) is 10.0 Å². The highest BCUT2D eigenvalue weighted by molar-refractivity contribution is 7.92. The highest BCUT2D eigenvalue weighted by Crippen LogP contribution is 2.28. The number of sulfonamides is 1. The van der Waals surface area contributed by atoms with Crippen molar-refractivity contribution in [2.24, 2.45) is 0 Å². The van der Waals surface area contributed by atoms with Crippen LogP contribution in [0.25, 0.3) is 0 Å². The van der Waals surface area contributed by atoms with Crippen molar-refractivity contribution in [1.82, 2.24) is 10.2 Å². The molecule has 0 aliphatic rings. The van der Waals surface area contributed by atoms with Gasteiger partial charge in [-0.1, -0.05) is 43.1 Å². The molecule has 2 aromatic carbocycles. The molecule has 12 heteroatoms. The molecule has 0 radical (unpaired) electrons. The lowest BCUT2D eigenvalue weighted by atomic mass is 10.1. The molecule has 0 saturated carbocycles. The minimum absolute atomic E-state index is 0.0251. The van der Waals surface area contributed by atoms with Crippen LogP contribution in [0, 0.1) is 11.6 Å². The highest BCUT2D eigenvalue weighted by atomic mass is 35.5.